The third-order valence-corrected chi connectivity index (χ3v) is 21.7. The molecule has 6 aromatic heterocycles. The SMILES string of the molecule is CC(C)NC(=O)c1ccc2nc([C@H](C)C3CCC(c4ccnc5ccc(F)cc45)CC3)[nH]c2c1.CNC(=O)c1ccc2nc(C(C)C3CCC(c4ccnc5ccc(F)cc45)CC3)[nH]c2c1.C[C@@H](c1nc2ccc(C(=O)NC(C)(C)C)cc2[nH]1)C1CCC(c2ccnc3ccc(F)cc23)CC1. The van der Waals surface area contributed by atoms with E-state index in [4.69, 9.17) is 15.0 Å². The Morgan fingerprint density at radius 3 is 1.02 bits per heavy atom. The smallest absolute Gasteiger partial charge is 0.251 e. The number of nitrogens with zero attached hydrogens (tertiary/aromatic N) is 6. The molecule has 6 N–H and O–H groups in total. The fourth-order valence-electron chi connectivity index (χ4n) is 16.0. The van der Waals surface area contributed by atoms with Crippen molar-refractivity contribution in [3.8, 4) is 0 Å². The number of benzene rings is 6. The third-order valence-electron chi connectivity index (χ3n) is 21.7. The van der Waals surface area contributed by atoms with E-state index in [9.17, 15) is 27.6 Å². The number of H-pyrrole nitrogens is 3. The van der Waals surface area contributed by atoms with Crippen molar-refractivity contribution in [2.45, 2.75) is 180 Å². The van der Waals surface area contributed by atoms with Crippen molar-refractivity contribution in [3.63, 3.8) is 0 Å². The van der Waals surface area contributed by atoms with Gasteiger partial charge in [0.15, 0.2) is 0 Å². The fourth-order valence-corrected chi connectivity index (χ4v) is 16.0. The van der Waals surface area contributed by atoms with Crippen molar-refractivity contribution in [1.82, 2.24) is 60.8 Å². The van der Waals surface area contributed by atoms with Crippen molar-refractivity contribution in [1.29, 1.82) is 0 Å². The van der Waals surface area contributed by atoms with Crippen LogP contribution in [0, 0.1) is 35.2 Å². The summed E-state index contributed by atoms with van der Waals surface area (Å²) in [5.41, 5.74) is 13.2. The lowest BCUT2D eigenvalue weighted by Gasteiger charge is -2.32. The number of pyridine rings is 3. The minimum absolute atomic E-state index is 0.0667. The Hall–Kier alpha value is -9.84. The molecule has 522 valence electrons. The van der Waals surface area contributed by atoms with Gasteiger partial charge in [-0.25, -0.2) is 28.1 Å². The van der Waals surface area contributed by atoms with Gasteiger partial charge in [0.1, 0.15) is 34.9 Å². The zero-order chi connectivity index (χ0) is 70.8. The summed E-state index contributed by atoms with van der Waals surface area (Å²) in [7, 11) is 1.63. The van der Waals surface area contributed by atoms with Gasteiger partial charge in [-0.05, 0) is 291 Å². The van der Waals surface area contributed by atoms with Crippen LogP contribution in [-0.2, 0) is 0 Å². The number of nitrogens with one attached hydrogen (secondary N) is 6. The van der Waals surface area contributed by atoms with E-state index in [2.05, 4.69) is 84.8 Å². The highest BCUT2D eigenvalue weighted by Gasteiger charge is 2.33. The molecule has 1 unspecified atom stereocenters. The summed E-state index contributed by atoms with van der Waals surface area (Å²) >= 11 is 0. The molecule has 3 saturated carbocycles. The summed E-state index contributed by atoms with van der Waals surface area (Å²) in [6, 6.07) is 37.7. The summed E-state index contributed by atoms with van der Waals surface area (Å²) in [5, 5.41) is 11.4. The molecule has 3 aliphatic rings. The van der Waals surface area contributed by atoms with Gasteiger partial charge in [0.25, 0.3) is 17.7 Å². The predicted molar refractivity (Wildman–Crippen MR) is 396 cm³/mol. The fraction of sp³-hybridized carbons (Fsp3) is 0.386. The Kier molecular flexibility index (Phi) is 20.5. The number of fused-ring (bicyclic) bond motifs is 6. The molecule has 0 bridgehead atoms. The topological polar surface area (TPSA) is 212 Å². The second kappa shape index (κ2) is 29.8. The number of aromatic amines is 3. The molecular weight excluding hydrogens is 1270 g/mol. The van der Waals surface area contributed by atoms with Crippen LogP contribution < -0.4 is 16.0 Å². The lowest BCUT2D eigenvalue weighted by Crippen LogP contribution is -2.40. The number of hydrogen-bond acceptors (Lipinski definition) is 9. The van der Waals surface area contributed by atoms with Crippen LogP contribution >= 0.6 is 0 Å². The lowest BCUT2D eigenvalue weighted by molar-refractivity contribution is 0.0916. The van der Waals surface area contributed by atoms with Crippen molar-refractivity contribution in [2.24, 2.45) is 17.8 Å². The molecule has 0 spiro atoms. The zero-order valence-electron chi connectivity index (χ0n) is 59.2. The average molecular weight is 1360 g/mol. The van der Waals surface area contributed by atoms with E-state index in [-0.39, 0.29) is 46.8 Å². The van der Waals surface area contributed by atoms with Gasteiger partial charge in [-0.1, -0.05) is 20.8 Å². The number of rotatable bonds is 13. The Bertz CT molecular complexity index is 4990. The van der Waals surface area contributed by atoms with Gasteiger partial charge in [-0.15, -0.1) is 0 Å². The maximum absolute atomic E-state index is 13.9. The van der Waals surface area contributed by atoms with E-state index in [1.807, 2.05) is 108 Å². The van der Waals surface area contributed by atoms with Crippen molar-refractivity contribution < 1.29 is 27.6 Å². The van der Waals surface area contributed by atoms with Crippen LogP contribution in [0.5, 0.6) is 0 Å². The van der Waals surface area contributed by atoms with Crippen LogP contribution in [0.25, 0.3) is 65.8 Å². The van der Waals surface area contributed by atoms with Crippen LogP contribution in [-0.4, -0.2) is 81.2 Å². The third kappa shape index (κ3) is 15.7. The first kappa shape index (κ1) is 69.6. The largest absolute Gasteiger partial charge is 0.355 e. The number of carbonyl (C=O) groups excluding carboxylic acids is 3. The number of hydrogen-bond donors (Lipinski definition) is 6. The first-order chi connectivity index (χ1) is 48.6. The van der Waals surface area contributed by atoms with Crippen LogP contribution in [0.15, 0.2) is 146 Å². The Labute approximate surface area is 587 Å². The van der Waals surface area contributed by atoms with Gasteiger partial charge < -0.3 is 30.9 Å². The molecule has 3 amide bonds. The van der Waals surface area contributed by atoms with E-state index >= 15 is 0 Å². The lowest BCUT2D eigenvalue weighted by atomic mass is 9.73. The van der Waals surface area contributed by atoms with Crippen LogP contribution in [0.4, 0.5) is 13.2 Å². The number of aromatic nitrogens is 9. The molecule has 12 aromatic rings. The molecule has 18 heteroatoms. The van der Waals surface area contributed by atoms with E-state index in [0.29, 0.717) is 70.0 Å². The molecule has 6 heterocycles. The maximum atomic E-state index is 13.9. The summed E-state index contributed by atoms with van der Waals surface area (Å²) in [6.07, 6.45) is 18.6. The highest BCUT2D eigenvalue weighted by Crippen LogP contribution is 2.46. The van der Waals surface area contributed by atoms with Gasteiger partial charge in [0.2, 0.25) is 0 Å². The van der Waals surface area contributed by atoms with Crippen molar-refractivity contribution in [3.05, 3.63) is 214 Å². The van der Waals surface area contributed by atoms with Gasteiger partial charge in [0.05, 0.1) is 49.7 Å². The van der Waals surface area contributed by atoms with Crippen molar-refractivity contribution >= 4 is 83.5 Å². The number of amides is 3. The molecule has 101 heavy (non-hydrogen) atoms. The molecule has 3 aliphatic carbocycles. The number of halogens is 3. The summed E-state index contributed by atoms with van der Waals surface area (Å²) in [6.45, 7) is 16.6. The van der Waals surface area contributed by atoms with Gasteiger partial charge in [-0.2, -0.15) is 0 Å². The summed E-state index contributed by atoms with van der Waals surface area (Å²) < 4.78 is 41.7. The molecule has 0 radical (unpaired) electrons. The van der Waals surface area contributed by atoms with Gasteiger partial charge >= 0.3 is 0 Å². The molecule has 15 nitrogen and oxygen atoms in total. The minimum atomic E-state index is -0.282. The standard InChI is InChI=1S/C29H33FN4O.C28H31FN4O.C26H27FN4O/c1-17(27-32-25-11-9-20(15-26(25)33-27)28(35)34-29(2,3)4)18-5-7-19(8-6-18)22-13-14-31-24-12-10-21(30)16-23(22)24;1-16(2)31-28(34)20-8-10-25-26(14-20)33-27(32-25)17(3)18-4-6-19(7-5-18)22-12-13-30-24-11-9-21(29)15-23(22)24;1-15(25-30-23-9-7-18(26(32)28-2)13-24(23)31-25)16-3-5-17(6-4-16)20-11-12-29-22-10-8-19(27)14-21(20)22/h9-19H,5-8H2,1-4H3,(H,32,33)(H,34,35);8-19H,4-7H2,1-3H3,(H,31,34)(H,32,33);7-17H,3-6H2,1-2H3,(H,28,32)(H,30,31)/t2*17-,18?,19?;/m11./s1. The molecular formula is C83H91F3N12O3. The Balaban J connectivity index is 0.000000136. The highest BCUT2D eigenvalue weighted by molar-refractivity contribution is 5.99. The van der Waals surface area contributed by atoms with Crippen LogP contribution in [0.3, 0.4) is 0 Å². The maximum Gasteiger partial charge on any atom is 0.251 e. The second-order valence-electron chi connectivity index (χ2n) is 29.9. The first-order valence-electron chi connectivity index (χ1n) is 36.1. The quantitative estimate of drug-likeness (QED) is 0.0647. The summed E-state index contributed by atoms with van der Waals surface area (Å²) in [5.74, 6) is 5.84. The molecule has 0 aliphatic heterocycles. The van der Waals surface area contributed by atoms with E-state index < -0.39 is 0 Å². The average Bonchev–Trinajstić information content (AvgIpc) is 1.74. The summed E-state index contributed by atoms with van der Waals surface area (Å²) in [4.78, 5) is 75.0. The second-order valence-corrected chi connectivity index (χ2v) is 29.9. The van der Waals surface area contributed by atoms with Crippen molar-refractivity contribution in [2.75, 3.05) is 7.05 Å². The highest BCUT2D eigenvalue weighted by atomic mass is 19.1. The van der Waals surface area contributed by atoms with Crippen LogP contribution in [0.1, 0.15) is 233 Å². The Morgan fingerprint density at radius 1 is 0.406 bits per heavy atom. The molecule has 3 atom stereocenters. The van der Waals surface area contributed by atoms with E-state index in [1.165, 1.54) is 34.9 Å². The minimum Gasteiger partial charge on any atom is -0.355 e. The predicted octanol–water partition coefficient (Wildman–Crippen LogP) is 19.0. The molecule has 0 saturated heterocycles. The Morgan fingerprint density at radius 2 is 0.713 bits per heavy atom. The molecule has 15 rings (SSSR count). The first-order valence-corrected chi connectivity index (χ1v) is 36.1. The van der Waals surface area contributed by atoms with E-state index in [0.717, 1.165) is 160 Å². The molecule has 3 fully saturated rings. The van der Waals surface area contributed by atoms with Gasteiger partial charge in [-0.3, -0.25) is 29.3 Å². The monoisotopic (exact) mass is 1360 g/mol. The van der Waals surface area contributed by atoms with Gasteiger partial charge in [0, 0.05) is 87.8 Å². The molecule has 6 aromatic carbocycles. The number of carbonyl (C=O) groups is 3. The zero-order valence-corrected chi connectivity index (χ0v) is 59.2. The normalized spacial score (nSPS) is 19.7. The number of imidazole rings is 3. The van der Waals surface area contributed by atoms with Crippen LogP contribution in [0.2, 0.25) is 0 Å². The van der Waals surface area contributed by atoms with E-state index in [1.54, 1.807) is 43.4 Å².